The molecular weight excluding hydrogens is 250 g/mol. The van der Waals surface area contributed by atoms with Crippen LogP contribution in [0.1, 0.15) is 45.1 Å². The van der Waals surface area contributed by atoms with Crippen molar-refractivity contribution in [2.24, 2.45) is 5.41 Å². The first-order chi connectivity index (χ1) is 9.60. The van der Waals surface area contributed by atoms with Crippen LogP contribution in [-0.4, -0.2) is 26.8 Å². The summed E-state index contributed by atoms with van der Waals surface area (Å²) in [5.41, 5.74) is 1.69. The summed E-state index contributed by atoms with van der Waals surface area (Å²) in [6.45, 7) is 7.90. The van der Waals surface area contributed by atoms with Crippen molar-refractivity contribution in [2.45, 2.75) is 45.6 Å². The molecule has 1 aliphatic rings. The predicted molar refractivity (Wildman–Crippen MR) is 82.8 cm³/mol. The van der Waals surface area contributed by atoms with Crippen LogP contribution in [0.2, 0.25) is 0 Å². The Morgan fingerprint density at radius 1 is 1.20 bits per heavy atom. The maximum Gasteiger partial charge on any atom is 0.160 e. The molecule has 112 valence electrons. The summed E-state index contributed by atoms with van der Waals surface area (Å²) in [7, 11) is 3.38. The highest BCUT2D eigenvalue weighted by molar-refractivity contribution is 5.45. The predicted octanol–water partition coefficient (Wildman–Crippen LogP) is 3.59. The molecule has 0 bridgehead atoms. The molecule has 3 unspecified atom stereocenters. The van der Waals surface area contributed by atoms with E-state index in [1.165, 1.54) is 18.4 Å². The topological polar surface area (TPSA) is 30.5 Å². The SMILES string of the molecule is CCNC1CC(c2ccc(OC)c(OC)c2)C1(C)CC. The van der Waals surface area contributed by atoms with Crippen LogP contribution in [0.4, 0.5) is 0 Å². The fourth-order valence-electron chi connectivity index (χ4n) is 3.50. The van der Waals surface area contributed by atoms with E-state index in [2.05, 4.69) is 38.2 Å². The number of hydrogen-bond acceptors (Lipinski definition) is 3. The van der Waals surface area contributed by atoms with E-state index < -0.39 is 0 Å². The number of nitrogens with one attached hydrogen (secondary N) is 1. The Hall–Kier alpha value is -1.22. The quantitative estimate of drug-likeness (QED) is 0.862. The number of methoxy groups -OCH3 is 2. The molecule has 1 saturated carbocycles. The maximum absolute atomic E-state index is 5.43. The molecule has 1 N–H and O–H groups in total. The van der Waals surface area contributed by atoms with Crippen molar-refractivity contribution in [3.63, 3.8) is 0 Å². The van der Waals surface area contributed by atoms with Gasteiger partial charge in [-0.15, -0.1) is 0 Å². The minimum atomic E-state index is 0.329. The van der Waals surface area contributed by atoms with Gasteiger partial charge in [0.1, 0.15) is 0 Å². The van der Waals surface area contributed by atoms with Crippen molar-refractivity contribution in [1.29, 1.82) is 0 Å². The molecule has 0 saturated heterocycles. The molecule has 0 amide bonds. The molecule has 20 heavy (non-hydrogen) atoms. The Morgan fingerprint density at radius 2 is 1.90 bits per heavy atom. The van der Waals surface area contributed by atoms with Gasteiger partial charge in [0.25, 0.3) is 0 Å². The monoisotopic (exact) mass is 277 g/mol. The lowest BCUT2D eigenvalue weighted by Gasteiger charge is -2.55. The van der Waals surface area contributed by atoms with Gasteiger partial charge in [0.15, 0.2) is 11.5 Å². The number of benzene rings is 1. The van der Waals surface area contributed by atoms with Crippen molar-refractivity contribution in [3.05, 3.63) is 23.8 Å². The molecular formula is C17H27NO2. The molecule has 0 aliphatic heterocycles. The summed E-state index contributed by atoms with van der Waals surface area (Å²) >= 11 is 0. The molecule has 3 nitrogen and oxygen atoms in total. The minimum Gasteiger partial charge on any atom is -0.493 e. The molecule has 1 aromatic rings. The van der Waals surface area contributed by atoms with Gasteiger partial charge in [0.05, 0.1) is 14.2 Å². The van der Waals surface area contributed by atoms with Gasteiger partial charge in [0, 0.05) is 6.04 Å². The fourth-order valence-corrected chi connectivity index (χ4v) is 3.50. The third-order valence-electron chi connectivity index (χ3n) is 5.09. The van der Waals surface area contributed by atoms with E-state index >= 15 is 0 Å². The molecule has 1 aromatic carbocycles. The zero-order valence-corrected chi connectivity index (χ0v) is 13.3. The lowest BCUT2D eigenvalue weighted by molar-refractivity contribution is 0.0454. The van der Waals surface area contributed by atoms with Crippen LogP contribution >= 0.6 is 0 Å². The van der Waals surface area contributed by atoms with Crippen molar-refractivity contribution in [2.75, 3.05) is 20.8 Å². The largest absolute Gasteiger partial charge is 0.493 e. The second-order valence-corrected chi connectivity index (χ2v) is 5.87. The zero-order chi connectivity index (χ0) is 14.8. The summed E-state index contributed by atoms with van der Waals surface area (Å²) in [6.07, 6.45) is 2.39. The van der Waals surface area contributed by atoms with Gasteiger partial charge < -0.3 is 14.8 Å². The summed E-state index contributed by atoms with van der Waals surface area (Å²) in [5, 5.41) is 3.62. The van der Waals surface area contributed by atoms with Crippen molar-refractivity contribution in [3.8, 4) is 11.5 Å². The average molecular weight is 277 g/mol. The van der Waals surface area contributed by atoms with Crippen molar-refractivity contribution in [1.82, 2.24) is 5.32 Å². The van der Waals surface area contributed by atoms with E-state index in [0.29, 0.717) is 17.4 Å². The van der Waals surface area contributed by atoms with Gasteiger partial charge in [0.2, 0.25) is 0 Å². The first-order valence-corrected chi connectivity index (χ1v) is 7.56. The van der Waals surface area contributed by atoms with Crippen LogP contribution < -0.4 is 14.8 Å². The standard InChI is InChI=1S/C17H27NO2/c1-6-17(3)13(11-16(17)18-7-2)12-8-9-14(19-4)15(10-12)20-5/h8-10,13,16,18H,6-7,11H2,1-5H3. The Morgan fingerprint density at radius 3 is 2.45 bits per heavy atom. The second-order valence-electron chi connectivity index (χ2n) is 5.87. The van der Waals surface area contributed by atoms with E-state index in [1.54, 1.807) is 14.2 Å². The average Bonchev–Trinajstić information content (AvgIpc) is 2.49. The highest BCUT2D eigenvalue weighted by Crippen LogP contribution is 2.55. The Kier molecular flexibility index (Phi) is 4.59. The fraction of sp³-hybridized carbons (Fsp3) is 0.647. The third-order valence-corrected chi connectivity index (χ3v) is 5.09. The molecule has 1 fully saturated rings. The molecule has 2 rings (SSSR count). The number of rotatable bonds is 6. The van der Waals surface area contributed by atoms with Crippen LogP contribution in [-0.2, 0) is 0 Å². The summed E-state index contributed by atoms with van der Waals surface area (Å²) in [5.74, 6) is 2.23. The van der Waals surface area contributed by atoms with E-state index in [-0.39, 0.29) is 0 Å². The first-order valence-electron chi connectivity index (χ1n) is 7.56. The number of hydrogen-bond donors (Lipinski definition) is 1. The van der Waals surface area contributed by atoms with Gasteiger partial charge in [-0.2, -0.15) is 0 Å². The summed E-state index contributed by atoms with van der Waals surface area (Å²) < 4.78 is 10.8. The lowest BCUT2D eigenvalue weighted by Crippen LogP contribution is -2.56. The lowest BCUT2D eigenvalue weighted by atomic mass is 9.54. The van der Waals surface area contributed by atoms with Gasteiger partial charge in [-0.25, -0.2) is 0 Å². The van der Waals surface area contributed by atoms with Crippen LogP contribution in [0.3, 0.4) is 0 Å². The molecule has 1 aliphatic carbocycles. The first kappa shape index (κ1) is 15.2. The molecule has 0 radical (unpaired) electrons. The van der Waals surface area contributed by atoms with E-state index in [0.717, 1.165) is 18.0 Å². The Balaban J connectivity index is 2.24. The van der Waals surface area contributed by atoms with E-state index in [1.807, 2.05) is 6.07 Å². The second kappa shape index (κ2) is 6.04. The van der Waals surface area contributed by atoms with Gasteiger partial charge in [-0.3, -0.25) is 0 Å². The smallest absolute Gasteiger partial charge is 0.160 e. The maximum atomic E-state index is 5.43. The molecule has 3 atom stereocenters. The summed E-state index contributed by atoms with van der Waals surface area (Å²) in [6, 6.07) is 6.96. The van der Waals surface area contributed by atoms with Gasteiger partial charge >= 0.3 is 0 Å². The van der Waals surface area contributed by atoms with Crippen LogP contribution in [0.5, 0.6) is 11.5 Å². The minimum absolute atomic E-state index is 0.329. The molecule has 3 heteroatoms. The molecule has 0 aromatic heterocycles. The Labute approximate surface area is 122 Å². The highest BCUT2D eigenvalue weighted by atomic mass is 16.5. The van der Waals surface area contributed by atoms with E-state index in [4.69, 9.17) is 9.47 Å². The summed E-state index contributed by atoms with van der Waals surface area (Å²) in [4.78, 5) is 0. The van der Waals surface area contributed by atoms with Crippen LogP contribution in [0.25, 0.3) is 0 Å². The number of ether oxygens (including phenoxy) is 2. The highest BCUT2D eigenvalue weighted by Gasteiger charge is 2.50. The van der Waals surface area contributed by atoms with Gasteiger partial charge in [-0.1, -0.05) is 26.8 Å². The Bertz CT molecular complexity index is 460. The van der Waals surface area contributed by atoms with Crippen LogP contribution in [0.15, 0.2) is 18.2 Å². The van der Waals surface area contributed by atoms with Crippen LogP contribution in [0, 0.1) is 5.41 Å². The zero-order valence-electron chi connectivity index (χ0n) is 13.3. The normalized spacial score (nSPS) is 28.9. The van der Waals surface area contributed by atoms with Crippen molar-refractivity contribution >= 4 is 0 Å². The third kappa shape index (κ3) is 2.39. The van der Waals surface area contributed by atoms with E-state index in [9.17, 15) is 0 Å². The van der Waals surface area contributed by atoms with Crippen molar-refractivity contribution < 1.29 is 9.47 Å². The van der Waals surface area contributed by atoms with Gasteiger partial charge in [-0.05, 0) is 48.4 Å². The molecule has 0 spiro atoms. The molecule has 0 heterocycles.